The molecule has 1 aromatic heterocycles. The third kappa shape index (κ3) is 5.52. The number of rotatable bonds is 7. The van der Waals surface area contributed by atoms with E-state index < -0.39 is 5.82 Å². The average Bonchev–Trinajstić information content (AvgIpc) is 3.03. The first-order valence-corrected chi connectivity index (χ1v) is 10.6. The number of aromatic nitrogens is 3. The number of carbonyl (C=O) groups excluding carboxylic acids is 1. The number of carbonyl (C=O) groups is 1. The van der Waals surface area contributed by atoms with Crippen LogP contribution in [-0.4, -0.2) is 26.4 Å². The molecule has 0 aliphatic carbocycles. The zero-order valence-electron chi connectivity index (χ0n) is 17.1. The van der Waals surface area contributed by atoms with Crippen molar-refractivity contribution in [2.45, 2.75) is 32.0 Å². The Kier molecular flexibility index (Phi) is 6.99. The van der Waals surface area contributed by atoms with Crippen LogP contribution in [0.15, 0.2) is 41.6 Å². The van der Waals surface area contributed by atoms with Crippen LogP contribution in [0.3, 0.4) is 0 Å². The van der Waals surface area contributed by atoms with E-state index in [9.17, 15) is 9.18 Å². The van der Waals surface area contributed by atoms with Crippen molar-refractivity contribution in [1.82, 2.24) is 14.8 Å². The normalized spacial score (nSPS) is 11.9. The lowest BCUT2D eigenvalue weighted by molar-refractivity contribution is -0.113. The first-order valence-electron chi connectivity index (χ1n) is 9.25. The summed E-state index contributed by atoms with van der Waals surface area (Å²) in [6, 6.07) is 10.1. The van der Waals surface area contributed by atoms with E-state index in [1.165, 1.54) is 30.0 Å². The van der Waals surface area contributed by atoms with E-state index in [0.29, 0.717) is 16.7 Å². The van der Waals surface area contributed by atoms with E-state index in [4.69, 9.17) is 16.3 Å². The van der Waals surface area contributed by atoms with Crippen LogP contribution in [-0.2, 0) is 11.8 Å². The van der Waals surface area contributed by atoms with Crippen LogP contribution >= 0.6 is 23.4 Å². The maximum atomic E-state index is 13.2. The van der Waals surface area contributed by atoms with Crippen LogP contribution < -0.4 is 10.1 Å². The fourth-order valence-corrected chi connectivity index (χ4v) is 3.86. The molecule has 3 aromatic rings. The number of ether oxygens (including phenoxy) is 1. The lowest BCUT2D eigenvalue weighted by Crippen LogP contribution is -2.15. The molecule has 3 rings (SSSR count). The predicted octanol–water partition coefficient (Wildman–Crippen LogP) is 5.10. The molecule has 1 heterocycles. The average molecular weight is 449 g/mol. The molecule has 158 valence electrons. The number of hydrogen-bond donors (Lipinski definition) is 1. The minimum atomic E-state index is -0.534. The highest BCUT2D eigenvalue weighted by molar-refractivity contribution is 7.99. The third-order valence-corrected chi connectivity index (χ3v) is 5.59. The van der Waals surface area contributed by atoms with Gasteiger partial charge in [0.15, 0.2) is 17.1 Å². The number of nitrogens with zero attached hydrogens (tertiary/aromatic N) is 3. The predicted molar refractivity (Wildman–Crippen MR) is 117 cm³/mol. The molecule has 0 saturated carbocycles. The minimum Gasteiger partial charge on any atom is -0.483 e. The molecule has 6 nitrogen and oxygen atoms in total. The quantitative estimate of drug-likeness (QED) is 0.509. The van der Waals surface area contributed by atoms with Crippen molar-refractivity contribution >= 4 is 35.0 Å². The molecule has 0 radical (unpaired) electrons. The van der Waals surface area contributed by atoms with Crippen molar-refractivity contribution in [1.29, 1.82) is 0 Å². The molecule has 9 heteroatoms. The van der Waals surface area contributed by atoms with E-state index >= 15 is 0 Å². The summed E-state index contributed by atoms with van der Waals surface area (Å²) in [4.78, 5) is 12.2. The maximum absolute atomic E-state index is 13.2. The lowest BCUT2D eigenvalue weighted by Gasteiger charge is -2.15. The monoisotopic (exact) mass is 448 g/mol. The maximum Gasteiger partial charge on any atom is 0.234 e. The molecule has 0 bridgehead atoms. The van der Waals surface area contributed by atoms with Gasteiger partial charge in [-0.2, -0.15) is 0 Å². The standard InChI is InChI=1S/C21H22ClFN4O2S/c1-12-7-13(2)9-16(8-12)29-14(3)20-25-26-21(27(20)4)30-11-19(28)24-15-5-6-18(23)17(22)10-15/h5-10,14H,11H2,1-4H3,(H,24,28). The van der Waals surface area contributed by atoms with Crippen LogP contribution in [0.5, 0.6) is 5.75 Å². The van der Waals surface area contributed by atoms with Crippen LogP contribution in [0.4, 0.5) is 10.1 Å². The Morgan fingerprint density at radius 3 is 2.60 bits per heavy atom. The van der Waals surface area contributed by atoms with Gasteiger partial charge in [0.1, 0.15) is 11.6 Å². The summed E-state index contributed by atoms with van der Waals surface area (Å²) < 4.78 is 21.0. The van der Waals surface area contributed by atoms with Gasteiger partial charge in [-0.1, -0.05) is 29.4 Å². The summed E-state index contributed by atoms with van der Waals surface area (Å²) in [6.45, 7) is 5.94. The summed E-state index contributed by atoms with van der Waals surface area (Å²) in [6.07, 6.45) is -0.312. The lowest BCUT2D eigenvalue weighted by atomic mass is 10.1. The zero-order valence-corrected chi connectivity index (χ0v) is 18.6. The minimum absolute atomic E-state index is 0.0452. The topological polar surface area (TPSA) is 69.0 Å². The van der Waals surface area contributed by atoms with Crippen molar-refractivity contribution < 1.29 is 13.9 Å². The molecule has 1 N–H and O–H groups in total. The summed E-state index contributed by atoms with van der Waals surface area (Å²) in [7, 11) is 1.83. The summed E-state index contributed by atoms with van der Waals surface area (Å²) in [5.74, 6) is 0.754. The second kappa shape index (κ2) is 9.49. The van der Waals surface area contributed by atoms with Crippen molar-refractivity contribution in [3.05, 3.63) is 64.2 Å². The Morgan fingerprint density at radius 2 is 1.93 bits per heavy atom. The first kappa shape index (κ1) is 22.1. The van der Waals surface area contributed by atoms with Gasteiger partial charge in [-0.15, -0.1) is 10.2 Å². The fraction of sp³-hybridized carbons (Fsp3) is 0.286. The molecule has 2 aromatic carbocycles. The zero-order chi connectivity index (χ0) is 21.8. The van der Waals surface area contributed by atoms with Gasteiger partial charge < -0.3 is 14.6 Å². The molecule has 1 unspecified atom stereocenters. The molecule has 30 heavy (non-hydrogen) atoms. The first-order chi connectivity index (χ1) is 14.2. The number of nitrogens with one attached hydrogen (secondary N) is 1. The van der Waals surface area contributed by atoms with E-state index in [1.807, 2.05) is 40.0 Å². The van der Waals surface area contributed by atoms with Gasteiger partial charge in [-0.25, -0.2) is 4.39 Å². The highest BCUT2D eigenvalue weighted by Gasteiger charge is 2.18. The Bertz CT molecular complexity index is 1050. The van der Waals surface area contributed by atoms with Crippen LogP contribution in [0.25, 0.3) is 0 Å². The second-order valence-electron chi connectivity index (χ2n) is 6.95. The van der Waals surface area contributed by atoms with E-state index in [2.05, 4.69) is 21.6 Å². The molecule has 0 aliphatic heterocycles. The van der Waals surface area contributed by atoms with Crippen LogP contribution in [0.2, 0.25) is 5.02 Å². The number of aryl methyl sites for hydroxylation is 2. The highest BCUT2D eigenvalue weighted by atomic mass is 35.5. The number of thioether (sulfide) groups is 1. The van der Waals surface area contributed by atoms with Crippen molar-refractivity contribution in [3.8, 4) is 5.75 Å². The third-order valence-electron chi connectivity index (χ3n) is 4.28. The number of anilines is 1. The highest BCUT2D eigenvalue weighted by Crippen LogP contribution is 2.25. The number of halogens is 2. The SMILES string of the molecule is Cc1cc(C)cc(OC(C)c2nnc(SCC(=O)Nc3ccc(F)c(Cl)c3)n2C)c1. The van der Waals surface area contributed by atoms with Gasteiger partial charge in [0.25, 0.3) is 0 Å². The number of benzene rings is 2. The molecule has 1 atom stereocenters. The number of amides is 1. The smallest absolute Gasteiger partial charge is 0.234 e. The molecule has 0 saturated heterocycles. The van der Waals surface area contributed by atoms with Crippen molar-refractivity contribution in [2.24, 2.45) is 7.05 Å². The molecule has 0 fully saturated rings. The summed E-state index contributed by atoms with van der Waals surface area (Å²) in [5.41, 5.74) is 2.68. The van der Waals surface area contributed by atoms with Gasteiger partial charge in [0.2, 0.25) is 5.91 Å². The number of hydrogen-bond acceptors (Lipinski definition) is 5. The van der Waals surface area contributed by atoms with Gasteiger partial charge in [-0.3, -0.25) is 4.79 Å². The molecular formula is C21H22ClFN4O2S. The van der Waals surface area contributed by atoms with Crippen LogP contribution in [0, 0.1) is 19.7 Å². The molecular weight excluding hydrogens is 427 g/mol. The summed E-state index contributed by atoms with van der Waals surface area (Å²) >= 11 is 6.98. The van der Waals surface area contributed by atoms with Crippen molar-refractivity contribution in [2.75, 3.05) is 11.1 Å². The van der Waals surface area contributed by atoms with E-state index in [0.717, 1.165) is 16.9 Å². The fourth-order valence-electron chi connectivity index (χ4n) is 2.96. The van der Waals surface area contributed by atoms with Crippen LogP contribution in [0.1, 0.15) is 30.0 Å². The van der Waals surface area contributed by atoms with Gasteiger partial charge >= 0.3 is 0 Å². The largest absolute Gasteiger partial charge is 0.483 e. The van der Waals surface area contributed by atoms with Gasteiger partial charge in [0, 0.05) is 12.7 Å². The van der Waals surface area contributed by atoms with E-state index in [1.54, 1.807) is 4.57 Å². The molecule has 1 amide bonds. The van der Waals surface area contributed by atoms with Gasteiger partial charge in [-0.05, 0) is 62.2 Å². The Balaban J connectivity index is 1.60. The molecule has 0 spiro atoms. The summed E-state index contributed by atoms with van der Waals surface area (Å²) in [5, 5.41) is 11.6. The Morgan fingerprint density at radius 1 is 1.23 bits per heavy atom. The Labute approximate surface area is 183 Å². The van der Waals surface area contributed by atoms with Gasteiger partial charge in [0.05, 0.1) is 10.8 Å². The van der Waals surface area contributed by atoms with Crippen molar-refractivity contribution in [3.63, 3.8) is 0 Å². The second-order valence-corrected chi connectivity index (χ2v) is 8.30. The Hall–Kier alpha value is -2.58. The molecule has 0 aliphatic rings. The van der Waals surface area contributed by atoms with E-state index in [-0.39, 0.29) is 22.8 Å².